The number of carbonyl (C=O) groups excluding carboxylic acids is 5. The third kappa shape index (κ3) is 68.9. The molecule has 0 radical (unpaired) electrons. The SMILES string of the molecule is CC(C)(C)NCCC1=CCc2ccc(O)cc21.CC(C)(C)Oc1ccc2c(c1)C(CCN)=CC2.CC(C)C(=O)CCCC[C@@H]1CCSS1.CC(C)C(=O)C[C@@H](O)C[N+](C)(C)C.CC(C)C(=O)[C@@H](N)CCCCN.CC(C)CCCCO[N+](=O)O.CC(C)CC[N+](C)(C)C.CCCC(CCC)C(=O)C(C)C.CN1[C@@H]2CC[C@H]1CC(OC(=O)C(COC(C)(C)C)c1ccccc1)C2.Cc1cccc(C(O)CNC(C)(C)C)c1. The molecule has 4 aromatic rings. The van der Waals surface area contributed by atoms with Gasteiger partial charge in [0.05, 0.1) is 73.2 Å². The molecule has 8 atom stereocenters. The van der Waals surface area contributed by atoms with E-state index in [1.165, 1.54) is 89.8 Å². The predicted octanol–water partition coefficient (Wildman–Crippen LogP) is 24.8. The number of ketones is 4. The highest BCUT2D eigenvalue weighted by Gasteiger charge is 2.41. The van der Waals surface area contributed by atoms with Crippen LogP contribution in [0.15, 0.2) is 103 Å². The molecule has 5 aliphatic rings. The van der Waals surface area contributed by atoms with Crippen LogP contribution in [-0.2, 0) is 51.1 Å². The van der Waals surface area contributed by atoms with Crippen LogP contribution in [0.3, 0.4) is 0 Å². The van der Waals surface area contributed by atoms with Gasteiger partial charge in [-0.05, 0) is 313 Å². The number of aliphatic hydroxyl groups excluding tert-OH is 2. The second kappa shape index (κ2) is 72.9. The quantitative estimate of drug-likeness (QED) is 0.00652. The van der Waals surface area contributed by atoms with E-state index in [0.717, 1.165) is 155 Å². The van der Waals surface area contributed by atoms with Crippen LogP contribution in [-0.4, -0.2) is 234 Å². The van der Waals surface area contributed by atoms with Crippen LogP contribution in [0.25, 0.3) is 11.1 Å². The molecule has 3 fully saturated rings. The molecule has 12 N–H and O–H groups in total. The number of nitrogens with zero attached hydrogens (tertiary/aromatic N) is 4. The number of likely N-dealkylation sites (N-methyl/N-ethyl adjacent to an activating group) is 1. The number of benzene rings is 4. The van der Waals surface area contributed by atoms with Gasteiger partial charge in [-0.3, -0.25) is 24.0 Å². The number of unbranched alkanes of at least 4 members (excludes halogenated alkanes) is 3. The van der Waals surface area contributed by atoms with Crippen molar-refractivity contribution < 1.29 is 77.6 Å². The van der Waals surface area contributed by atoms with E-state index in [1.807, 2.05) is 193 Å². The summed E-state index contributed by atoms with van der Waals surface area (Å²) in [7, 11) is 19.0. The van der Waals surface area contributed by atoms with Crippen LogP contribution < -0.4 is 32.6 Å². The summed E-state index contributed by atoms with van der Waals surface area (Å²) in [5, 5.41) is 44.2. The van der Waals surface area contributed by atoms with Gasteiger partial charge in [0.15, 0.2) is 12.4 Å². The summed E-state index contributed by atoms with van der Waals surface area (Å²) in [6.07, 6.45) is 29.5. The van der Waals surface area contributed by atoms with E-state index in [4.69, 9.17) is 36.6 Å². The molecule has 0 saturated carbocycles. The summed E-state index contributed by atoms with van der Waals surface area (Å²) in [5.41, 5.74) is 27.5. The molecule has 4 aromatic carbocycles. The molecule has 145 heavy (non-hydrogen) atoms. The zero-order chi connectivity index (χ0) is 111. The fourth-order valence-electron chi connectivity index (χ4n) is 16.6. The van der Waals surface area contributed by atoms with Gasteiger partial charge >= 0.3 is 11.1 Å². The number of rotatable bonds is 46. The molecule has 2 bridgehead atoms. The Morgan fingerprint density at radius 2 is 1.13 bits per heavy atom. The Balaban J connectivity index is 0.00000161. The van der Waals surface area contributed by atoms with Gasteiger partial charge in [-0.25, -0.2) is 5.21 Å². The zero-order valence-corrected chi connectivity index (χ0v) is 99.4. The first-order valence-electron chi connectivity index (χ1n) is 54.9. The van der Waals surface area contributed by atoms with Gasteiger partial charge < -0.3 is 71.2 Å². The van der Waals surface area contributed by atoms with Gasteiger partial charge in [-0.15, -0.1) is 0 Å². The van der Waals surface area contributed by atoms with Crippen molar-refractivity contribution in [1.29, 1.82) is 0 Å². The first-order valence-corrected chi connectivity index (χ1v) is 57.3. The van der Waals surface area contributed by atoms with E-state index in [1.54, 1.807) is 6.07 Å². The molecule has 3 heterocycles. The number of fused-ring (bicyclic) bond motifs is 4. The number of aryl methyl sites for hydroxylation is 1. The van der Waals surface area contributed by atoms with Gasteiger partial charge in [-0.2, -0.15) is 4.84 Å². The Kier molecular flexibility index (Phi) is 69.7. The number of Topliss-reactive ketones (excluding diaryl/α,β-unsaturated/α-hetero) is 4. The van der Waals surface area contributed by atoms with Crippen LogP contribution in [0, 0.1) is 53.3 Å². The monoisotopic (exact) mass is 2070 g/mol. The largest absolute Gasteiger partial charge is 0.508 e. The highest BCUT2D eigenvalue weighted by Crippen LogP contribution is 2.41. The molecule has 832 valence electrons. The van der Waals surface area contributed by atoms with Gasteiger partial charge in [0.1, 0.15) is 64.0 Å². The number of nitrogens with two attached hydrogens (primary N) is 3. The Hall–Kier alpha value is -6.43. The van der Waals surface area contributed by atoms with Crippen LogP contribution in [0.4, 0.5) is 0 Å². The average Bonchev–Trinajstić information content (AvgIpc) is 1.69. The molecule has 2 aliphatic carbocycles. The number of esters is 1. The van der Waals surface area contributed by atoms with Crippen molar-refractivity contribution >= 4 is 61.8 Å². The number of phenolic OH excluding ortho intramolecular Hbond substituents is 1. The summed E-state index contributed by atoms with van der Waals surface area (Å²) < 4.78 is 19.6. The lowest BCUT2D eigenvalue weighted by atomic mass is 9.88. The molecule has 0 spiro atoms. The summed E-state index contributed by atoms with van der Waals surface area (Å²) in [6, 6.07) is 30.7. The van der Waals surface area contributed by atoms with Gasteiger partial charge in [0.25, 0.3) is 0 Å². The van der Waals surface area contributed by atoms with Crippen molar-refractivity contribution in [3.63, 3.8) is 0 Å². The van der Waals surface area contributed by atoms with Crippen molar-refractivity contribution in [1.82, 2.24) is 15.5 Å². The minimum absolute atomic E-state index is 0.0297. The number of hydrogen-bond donors (Lipinski definition) is 9. The van der Waals surface area contributed by atoms with Gasteiger partial charge in [0.2, 0.25) is 0 Å². The lowest BCUT2D eigenvalue weighted by molar-refractivity contribution is -0.975. The van der Waals surface area contributed by atoms with E-state index < -0.39 is 17.3 Å². The summed E-state index contributed by atoms with van der Waals surface area (Å²) >= 11 is 0. The number of piperidine rings is 1. The van der Waals surface area contributed by atoms with Crippen LogP contribution >= 0.6 is 21.6 Å². The molecule has 3 aliphatic heterocycles. The standard InChI is InChI=1S/C21H31NO3.2C15H21NO.C13H21NO.C11H20OS2.C11H22O.C10H22NO2.C9H20N2O.C8H20N.C7H16NO3/c1-21(2,3)24-14-19(15-8-6-5-7-9-15)20(23)25-18-12-16-10-11-17(13-18)22(16)4;1-15(2,3)17-13-7-6-11-4-5-12(8-9-16)14(11)10-13;1-15(2,3)16-9-8-12-5-4-11-6-7-13(17)10-14(11)12;1-10-6-5-7-11(8-10)12(15)9-14-13(2,3)4;1-9(2)11(12)6-4-3-5-10-7-8-13-14-10;1-5-7-10(8-6-2)11(12)9(3)4;1-8(2)10(13)6-9(12)7-11(3,4)5;1-7(2)9(12)8(11)5-3-4-6-10;1-8(2)6-7-9(3,4)5;1-7(2)5-3-4-6-11-8(9)10/h5-9,16-19H,10-14H2,1-4H3;5-7,10H,4,8-9,16H2,1-3H3;5-7,10,16-17H,4,8-9H2,1-3H3;5-8,12,14-15H,9H2,1-4H3;9-10H,3-8H2,1-2H3;9-10H,5-8H2,1-4H3;8-9,12H,6-7H2,1-5H3;7-8H,3-6,10-11H2,1-2H3;8H,6-7H2,1-5H3;7H,3-6H2,1-2H3,(H,9,10)/q;;;;;;+1;;2*+1/t16-,17+,18?,19?;;;;10-;;9-;8-;;/m....1.10../s1. The summed E-state index contributed by atoms with van der Waals surface area (Å²) in [5.74, 6) is 5.70. The Morgan fingerprint density at radius 1 is 0.586 bits per heavy atom. The van der Waals surface area contributed by atoms with Crippen molar-refractivity contribution in [3.8, 4) is 11.5 Å². The number of allylic oxidation sites excluding steroid dienone is 2. The Morgan fingerprint density at radius 3 is 1.60 bits per heavy atom. The minimum Gasteiger partial charge on any atom is -0.508 e. The van der Waals surface area contributed by atoms with Crippen molar-refractivity contribution in [2.24, 2.45) is 58.6 Å². The third-order valence-electron chi connectivity index (χ3n) is 25.0. The average molecular weight is 2070 g/mol. The summed E-state index contributed by atoms with van der Waals surface area (Å²) in [4.78, 5) is 74.9. The van der Waals surface area contributed by atoms with E-state index in [2.05, 4.69) is 183 Å². The molecular formula is C120H214N9O14S2+3. The molecule has 0 aromatic heterocycles. The maximum atomic E-state index is 12.9. The second-order valence-electron chi connectivity index (χ2n) is 48.3. The number of hydrogen-bond acceptors (Lipinski definition) is 21. The third-order valence-corrected chi connectivity index (χ3v) is 28.0. The predicted molar refractivity (Wildman–Crippen MR) is 613 cm³/mol. The molecule has 25 heteroatoms. The lowest BCUT2D eigenvalue weighted by Crippen LogP contribution is -2.44. The van der Waals surface area contributed by atoms with E-state index >= 15 is 0 Å². The van der Waals surface area contributed by atoms with Crippen LogP contribution in [0.5, 0.6) is 11.5 Å². The molecule has 9 rings (SSSR count). The zero-order valence-electron chi connectivity index (χ0n) is 97.7. The van der Waals surface area contributed by atoms with Crippen molar-refractivity contribution in [2.45, 2.75) is 417 Å². The highest BCUT2D eigenvalue weighted by molar-refractivity contribution is 8.77. The fraction of sp³-hybridized carbons (Fsp3) is 0.725. The van der Waals surface area contributed by atoms with Crippen LogP contribution in [0.2, 0.25) is 0 Å². The first kappa shape index (κ1) is 139. The van der Waals surface area contributed by atoms with E-state index in [0.29, 0.717) is 85.1 Å². The minimum atomic E-state index is -0.505. The molecule has 3 saturated heterocycles. The number of aliphatic hydroxyl groups is 2. The van der Waals surface area contributed by atoms with Gasteiger partial charge in [0, 0.05) is 83.1 Å². The fourth-order valence-corrected chi connectivity index (χ4v) is 19.6. The topological polar surface area (TPSA) is 329 Å². The van der Waals surface area contributed by atoms with Crippen LogP contribution in [0.1, 0.15) is 379 Å². The number of phenols is 1. The van der Waals surface area contributed by atoms with Gasteiger partial charge in [-0.1, -0.05) is 235 Å². The Bertz CT molecular complexity index is 4240. The molecule has 3 unspecified atom stereocenters. The number of carbonyl (C=O) groups is 5. The normalized spacial score (nSPS) is 16.7. The maximum Gasteiger partial charge on any atom is 0.475 e. The van der Waals surface area contributed by atoms with Crippen molar-refractivity contribution in [2.75, 3.05) is 108 Å². The first-order chi connectivity index (χ1) is 67.3. The maximum absolute atomic E-state index is 12.9. The second-order valence-corrected chi connectivity index (χ2v) is 51.1. The molecular weight excluding hydrogens is 1860 g/mol. The molecule has 0 amide bonds. The summed E-state index contributed by atoms with van der Waals surface area (Å²) in [6.45, 7) is 61.2. The van der Waals surface area contributed by atoms with Crippen molar-refractivity contribution in [3.05, 3.63) is 147 Å². The smallest absolute Gasteiger partial charge is 0.475 e. The number of ether oxygens (including phenoxy) is 3. The number of nitrogens with one attached hydrogen (secondary N) is 2. The number of quaternary nitrogens is 2. The van der Waals surface area contributed by atoms with E-state index in [-0.39, 0.29) is 88.0 Å². The highest BCUT2D eigenvalue weighted by atomic mass is 33.1. The van der Waals surface area contributed by atoms with E-state index in [9.17, 15) is 44.2 Å². The number of aromatic hydroxyl groups is 1. The number of β-amino-alcohol motifs (C(OH)–C–C–N with tert-alkyl or cyclic N) is 1. The lowest BCUT2D eigenvalue weighted by Gasteiger charge is -2.36. The Labute approximate surface area is 891 Å². The molecule has 23 nitrogen and oxygen atoms in total.